The molecule has 1 aromatic carbocycles. The number of nitrogens with one attached hydrogen (secondary N) is 1. The van der Waals surface area contributed by atoms with Crippen LogP contribution >= 0.6 is 0 Å². The zero-order valence-electron chi connectivity index (χ0n) is 10.5. The maximum atomic E-state index is 4.45. The average Bonchev–Trinajstić information content (AvgIpc) is 3.03. The van der Waals surface area contributed by atoms with E-state index in [0.29, 0.717) is 0 Å². The van der Waals surface area contributed by atoms with Crippen LogP contribution in [0.2, 0.25) is 0 Å². The fourth-order valence-corrected chi connectivity index (χ4v) is 2.59. The van der Waals surface area contributed by atoms with E-state index in [2.05, 4.69) is 40.9 Å². The van der Waals surface area contributed by atoms with Crippen LogP contribution in [0.5, 0.6) is 0 Å². The number of rotatable bonds is 4. The molecule has 1 aliphatic heterocycles. The Hall–Kier alpha value is -1.61. The summed E-state index contributed by atoms with van der Waals surface area (Å²) in [4.78, 5) is 0. The third kappa shape index (κ3) is 2.79. The van der Waals surface area contributed by atoms with Crippen LogP contribution in [-0.4, -0.2) is 22.9 Å². The molecular formula is C15H19N3. The standard InChI is InChI=1S/C15H19N3/c1-2-4-13(5-3-1)11-18-12-15(10-17-18)8-14-6-7-16-9-14/h1-5,10,12,14,16H,6-9,11H2. The van der Waals surface area contributed by atoms with E-state index in [9.17, 15) is 0 Å². The number of hydrogen-bond acceptors (Lipinski definition) is 2. The molecule has 2 heterocycles. The van der Waals surface area contributed by atoms with Crippen molar-refractivity contribution in [3.05, 3.63) is 53.9 Å². The Morgan fingerprint density at radius 2 is 2.11 bits per heavy atom. The monoisotopic (exact) mass is 241 g/mol. The van der Waals surface area contributed by atoms with Crippen molar-refractivity contribution in [2.24, 2.45) is 5.92 Å². The molecule has 0 spiro atoms. The SMILES string of the molecule is c1ccc(Cn2cc(CC3CCNC3)cn2)cc1. The minimum Gasteiger partial charge on any atom is -0.316 e. The first-order valence-electron chi connectivity index (χ1n) is 6.66. The largest absolute Gasteiger partial charge is 0.316 e. The van der Waals surface area contributed by atoms with Crippen molar-refractivity contribution in [3.8, 4) is 0 Å². The van der Waals surface area contributed by atoms with Crippen LogP contribution in [0.25, 0.3) is 0 Å². The summed E-state index contributed by atoms with van der Waals surface area (Å²) in [6.07, 6.45) is 6.65. The molecule has 2 aromatic rings. The van der Waals surface area contributed by atoms with E-state index in [1.54, 1.807) is 0 Å². The Morgan fingerprint density at radius 1 is 1.22 bits per heavy atom. The van der Waals surface area contributed by atoms with Crippen LogP contribution < -0.4 is 5.32 Å². The van der Waals surface area contributed by atoms with Crippen molar-refractivity contribution in [2.75, 3.05) is 13.1 Å². The molecule has 0 aliphatic carbocycles. The van der Waals surface area contributed by atoms with Gasteiger partial charge in [-0.2, -0.15) is 5.10 Å². The molecule has 1 fully saturated rings. The van der Waals surface area contributed by atoms with Crippen LogP contribution in [0.4, 0.5) is 0 Å². The highest BCUT2D eigenvalue weighted by molar-refractivity contribution is 5.15. The van der Waals surface area contributed by atoms with Crippen molar-refractivity contribution in [3.63, 3.8) is 0 Å². The van der Waals surface area contributed by atoms with Gasteiger partial charge in [-0.3, -0.25) is 4.68 Å². The van der Waals surface area contributed by atoms with E-state index in [1.807, 2.05) is 16.9 Å². The van der Waals surface area contributed by atoms with E-state index >= 15 is 0 Å². The van der Waals surface area contributed by atoms with Crippen molar-refractivity contribution in [1.29, 1.82) is 0 Å². The Kier molecular flexibility index (Phi) is 3.42. The van der Waals surface area contributed by atoms with Crippen molar-refractivity contribution < 1.29 is 0 Å². The van der Waals surface area contributed by atoms with Crippen LogP contribution in [0.1, 0.15) is 17.5 Å². The molecule has 3 rings (SSSR count). The van der Waals surface area contributed by atoms with E-state index in [1.165, 1.54) is 24.1 Å². The third-order valence-corrected chi connectivity index (χ3v) is 3.56. The molecule has 1 unspecified atom stereocenters. The Balaban J connectivity index is 1.62. The van der Waals surface area contributed by atoms with Gasteiger partial charge in [0, 0.05) is 6.20 Å². The van der Waals surface area contributed by atoms with Crippen LogP contribution in [0.15, 0.2) is 42.7 Å². The molecule has 1 saturated heterocycles. The number of nitrogens with zero attached hydrogens (tertiary/aromatic N) is 2. The maximum Gasteiger partial charge on any atom is 0.0659 e. The van der Waals surface area contributed by atoms with Gasteiger partial charge in [-0.15, -0.1) is 0 Å². The minimum atomic E-state index is 0.791. The second-order valence-electron chi connectivity index (χ2n) is 5.09. The summed E-state index contributed by atoms with van der Waals surface area (Å²) in [5, 5.41) is 7.86. The fourth-order valence-electron chi connectivity index (χ4n) is 2.59. The highest BCUT2D eigenvalue weighted by atomic mass is 15.3. The summed E-state index contributed by atoms with van der Waals surface area (Å²) in [5.74, 6) is 0.791. The first-order chi connectivity index (χ1) is 8.90. The van der Waals surface area contributed by atoms with E-state index < -0.39 is 0 Å². The van der Waals surface area contributed by atoms with Gasteiger partial charge in [0.25, 0.3) is 0 Å². The second-order valence-corrected chi connectivity index (χ2v) is 5.09. The molecular weight excluding hydrogens is 222 g/mol. The Bertz CT molecular complexity index is 483. The molecule has 0 saturated carbocycles. The molecule has 0 bridgehead atoms. The maximum absolute atomic E-state index is 4.45. The lowest BCUT2D eigenvalue weighted by Crippen LogP contribution is -2.10. The summed E-state index contributed by atoms with van der Waals surface area (Å²) >= 11 is 0. The van der Waals surface area contributed by atoms with Gasteiger partial charge < -0.3 is 5.32 Å². The molecule has 1 N–H and O–H groups in total. The number of aromatic nitrogens is 2. The minimum absolute atomic E-state index is 0.791. The molecule has 3 nitrogen and oxygen atoms in total. The topological polar surface area (TPSA) is 29.9 Å². The van der Waals surface area contributed by atoms with Crippen molar-refractivity contribution >= 4 is 0 Å². The summed E-state index contributed by atoms with van der Waals surface area (Å²) in [6.45, 7) is 3.19. The van der Waals surface area contributed by atoms with Gasteiger partial charge in [-0.25, -0.2) is 0 Å². The zero-order chi connectivity index (χ0) is 12.2. The van der Waals surface area contributed by atoms with Crippen LogP contribution in [-0.2, 0) is 13.0 Å². The highest BCUT2D eigenvalue weighted by Crippen LogP contribution is 2.14. The van der Waals surface area contributed by atoms with Gasteiger partial charge in [0.05, 0.1) is 12.7 Å². The predicted molar refractivity (Wildman–Crippen MR) is 72.5 cm³/mol. The Morgan fingerprint density at radius 3 is 2.89 bits per heavy atom. The summed E-state index contributed by atoms with van der Waals surface area (Å²) in [5.41, 5.74) is 2.66. The molecule has 1 aliphatic rings. The first kappa shape index (κ1) is 11.5. The number of hydrogen-bond donors (Lipinski definition) is 1. The lowest BCUT2D eigenvalue weighted by atomic mass is 10.0. The second kappa shape index (κ2) is 5.36. The summed E-state index contributed by atoms with van der Waals surface area (Å²) in [7, 11) is 0. The van der Waals surface area contributed by atoms with E-state index in [-0.39, 0.29) is 0 Å². The molecule has 0 radical (unpaired) electrons. The predicted octanol–water partition coefficient (Wildman–Crippen LogP) is 2.08. The van der Waals surface area contributed by atoms with Gasteiger partial charge in [0.1, 0.15) is 0 Å². The number of benzene rings is 1. The fraction of sp³-hybridized carbons (Fsp3) is 0.400. The molecule has 1 atom stereocenters. The summed E-state index contributed by atoms with van der Waals surface area (Å²) < 4.78 is 2.03. The van der Waals surface area contributed by atoms with Crippen molar-refractivity contribution in [2.45, 2.75) is 19.4 Å². The van der Waals surface area contributed by atoms with Crippen LogP contribution in [0, 0.1) is 5.92 Å². The zero-order valence-corrected chi connectivity index (χ0v) is 10.5. The lowest BCUT2D eigenvalue weighted by molar-refractivity contribution is 0.579. The lowest BCUT2D eigenvalue weighted by Gasteiger charge is -2.05. The normalized spacial score (nSPS) is 19.2. The molecule has 0 amide bonds. The van der Waals surface area contributed by atoms with Gasteiger partial charge in [-0.1, -0.05) is 30.3 Å². The van der Waals surface area contributed by atoms with Gasteiger partial charge in [0.15, 0.2) is 0 Å². The van der Waals surface area contributed by atoms with Crippen LogP contribution in [0.3, 0.4) is 0 Å². The van der Waals surface area contributed by atoms with Gasteiger partial charge in [-0.05, 0) is 43.0 Å². The third-order valence-electron chi connectivity index (χ3n) is 3.56. The summed E-state index contributed by atoms with van der Waals surface area (Å²) in [6, 6.07) is 10.5. The van der Waals surface area contributed by atoms with Crippen molar-refractivity contribution in [1.82, 2.24) is 15.1 Å². The van der Waals surface area contributed by atoms with E-state index in [0.717, 1.165) is 25.4 Å². The quantitative estimate of drug-likeness (QED) is 0.888. The molecule has 3 heteroatoms. The highest BCUT2D eigenvalue weighted by Gasteiger charge is 2.15. The smallest absolute Gasteiger partial charge is 0.0659 e. The molecule has 18 heavy (non-hydrogen) atoms. The first-order valence-corrected chi connectivity index (χ1v) is 6.66. The van der Waals surface area contributed by atoms with Gasteiger partial charge >= 0.3 is 0 Å². The van der Waals surface area contributed by atoms with Gasteiger partial charge in [0.2, 0.25) is 0 Å². The molecule has 1 aromatic heterocycles. The Labute approximate surface area is 108 Å². The van der Waals surface area contributed by atoms with E-state index in [4.69, 9.17) is 0 Å². The average molecular weight is 241 g/mol. The molecule has 94 valence electrons.